The topological polar surface area (TPSA) is 63.2 Å². The summed E-state index contributed by atoms with van der Waals surface area (Å²) < 4.78 is 34.2. The van der Waals surface area contributed by atoms with Crippen molar-refractivity contribution in [2.75, 3.05) is 6.61 Å². The Morgan fingerprint density at radius 1 is 0.738 bits per heavy atom. The Morgan fingerprint density at radius 2 is 1.38 bits per heavy atom. The van der Waals surface area contributed by atoms with Crippen LogP contribution in [0, 0.1) is 52.3 Å². The monoisotopic (exact) mass is 846 g/mol. The van der Waals surface area contributed by atoms with Gasteiger partial charge in [-0.15, -0.1) is 11.8 Å². The molecule has 0 radical (unpaired) electrons. The van der Waals surface area contributed by atoms with E-state index in [9.17, 15) is 0 Å². The zero-order valence-corrected chi connectivity index (χ0v) is 38.2. The van der Waals surface area contributed by atoms with E-state index >= 15 is 4.79 Å². The zero-order valence-electron chi connectivity index (χ0n) is 37.3. The SMILES string of the molecule is CC(C)CCC[C@@H](C)[C@H]1CC[C@H]2[C@@H]3CC[C@H]4CC5=C(S[C@H]6[C@@H](O5)O[C@H](COCc5ccccc5)[C@@H](OCc5ccccc5)[C@@H]6OCc5ccccc5)C(=O)[C@]4(C)[C@H]3CC[C@]12C. The van der Waals surface area contributed by atoms with Crippen molar-refractivity contribution in [1.82, 2.24) is 0 Å². The van der Waals surface area contributed by atoms with Gasteiger partial charge in [-0.3, -0.25) is 4.79 Å². The molecule has 4 aliphatic carbocycles. The molecule has 3 aromatic carbocycles. The summed E-state index contributed by atoms with van der Waals surface area (Å²) in [7, 11) is 0. The van der Waals surface area contributed by atoms with Crippen LogP contribution in [0.15, 0.2) is 102 Å². The van der Waals surface area contributed by atoms with Crippen LogP contribution in [0.2, 0.25) is 0 Å². The first-order chi connectivity index (χ1) is 29.6. The maximum absolute atomic E-state index is 15.5. The summed E-state index contributed by atoms with van der Waals surface area (Å²) in [6.45, 7) is 13.9. The fraction of sp³-hybridized carbons (Fsp3) is 0.611. The van der Waals surface area contributed by atoms with Gasteiger partial charge in [0.15, 0.2) is 5.78 Å². The van der Waals surface area contributed by atoms with E-state index in [-0.39, 0.29) is 16.6 Å². The number of allylic oxidation sites excluding steroid dienone is 2. The Bertz CT molecular complexity index is 1950. The quantitative estimate of drug-likeness (QED) is 0.151. The van der Waals surface area contributed by atoms with E-state index in [1.165, 1.54) is 44.9 Å². The number of hydrogen-bond acceptors (Lipinski definition) is 7. The number of benzene rings is 3. The Labute approximate surface area is 370 Å². The van der Waals surface area contributed by atoms with Crippen molar-refractivity contribution in [3.05, 3.63) is 118 Å². The van der Waals surface area contributed by atoms with Crippen LogP contribution < -0.4 is 0 Å². The fourth-order valence-electron chi connectivity index (χ4n) is 13.3. The first-order valence-electron chi connectivity index (χ1n) is 23.8. The van der Waals surface area contributed by atoms with Crippen LogP contribution in [0.25, 0.3) is 0 Å². The molecule has 6 aliphatic rings. The van der Waals surface area contributed by atoms with Gasteiger partial charge in [-0.05, 0) is 102 Å². The molecule has 0 amide bonds. The minimum absolute atomic E-state index is 0.286. The first-order valence-corrected chi connectivity index (χ1v) is 24.7. The van der Waals surface area contributed by atoms with E-state index in [2.05, 4.69) is 71.0 Å². The summed E-state index contributed by atoms with van der Waals surface area (Å²) in [5.74, 6) is 5.55. The lowest BCUT2D eigenvalue weighted by Gasteiger charge is -2.60. The van der Waals surface area contributed by atoms with Crippen LogP contribution in [0.3, 0.4) is 0 Å². The van der Waals surface area contributed by atoms with Gasteiger partial charge in [0, 0.05) is 11.8 Å². The lowest BCUT2D eigenvalue weighted by Crippen LogP contribution is -2.62. The maximum atomic E-state index is 15.5. The third-order valence-corrected chi connectivity index (χ3v) is 18.0. The van der Waals surface area contributed by atoms with Crippen molar-refractivity contribution < 1.29 is 28.5 Å². The van der Waals surface area contributed by atoms with Gasteiger partial charge in [-0.1, -0.05) is 145 Å². The summed E-state index contributed by atoms with van der Waals surface area (Å²) >= 11 is 1.66. The lowest BCUT2D eigenvalue weighted by molar-refractivity contribution is -0.268. The lowest BCUT2D eigenvalue weighted by atomic mass is 9.44. The van der Waals surface area contributed by atoms with E-state index < -0.39 is 24.6 Å². The Morgan fingerprint density at radius 3 is 2.03 bits per heavy atom. The van der Waals surface area contributed by atoms with Crippen molar-refractivity contribution in [1.29, 1.82) is 0 Å². The minimum atomic E-state index is -0.590. The average Bonchev–Trinajstić information content (AvgIpc) is 3.63. The van der Waals surface area contributed by atoms with Crippen LogP contribution in [0.4, 0.5) is 0 Å². The number of fused-ring (bicyclic) bond motifs is 6. The summed E-state index contributed by atoms with van der Waals surface area (Å²) in [4.78, 5) is 16.3. The molecule has 0 N–H and O–H groups in total. The Balaban J connectivity index is 0.974. The summed E-state index contributed by atoms with van der Waals surface area (Å²) in [6, 6.07) is 30.9. The van der Waals surface area contributed by atoms with Gasteiger partial charge in [0.05, 0.1) is 31.3 Å². The van der Waals surface area contributed by atoms with E-state index in [1.54, 1.807) is 11.8 Å². The molecule has 2 heterocycles. The number of thioether (sulfide) groups is 1. The van der Waals surface area contributed by atoms with Gasteiger partial charge in [-0.25, -0.2) is 0 Å². The second-order valence-electron chi connectivity index (χ2n) is 20.5. The number of Topliss-reactive ketones (excluding diaryl/α,β-unsaturated/α-hetero) is 1. The number of carbonyl (C=O) groups excluding carboxylic acids is 1. The van der Waals surface area contributed by atoms with Crippen molar-refractivity contribution in [3.8, 4) is 0 Å². The molecule has 328 valence electrons. The maximum Gasteiger partial charge on any atom is 0.214 e. The zero-order chi connectivity index (χ0) is 42.1. The first kappa shape index (κ1) is 43.3. The highest BCUT2D eigenvalue weighted by Crippen LogP contribution is 2.69. The largest absolute Gasteiger partial charge is 0.467 e. The van der Waals surface area contributed by atoms with Crippen molar-refractivity contribution in [2.45, 2.75) is 148 Å². The van der Waals surface area contributed by atoms with Crippen LogP contribution in [-0.4, -0.2) is 42.2 Å². The van der Waals surface area contributed by atoms with Gasteiger partial charge < -0.3 is 23.7 Å². The van der Waals surface area contributed by atoms with Gasteiger partial charge >= 0.3 is 0 Å². The average molecular weight is 847 g/mol. The summed E-state index contributed by atoms with van der Waals surface area (Å²) in [5, 5.41) is -0.292. The third kappa shape index (κ3) is 8.69. The highest BCUT2D eigenvalue weighted by Gasteiger charge is 2.65. The van der Waals surface area contributed by atoms with Crippen LogP contribution in [-0.2, 0) is 48.3 Å². The van der Waals surface area contributed by atoms with E-state index in [1.807, 2.05) is 54.6 Å². The highest BCUT2D eigenvalue weighted by molar-refractivity contribution is 8.04. The number of hydrogen-bond donors (Lipinski definition) is 0. The standard InChI is InChI=1S/C54H70O6S/c1-35(2)16-15-17-36(3)42-26-27-43-41-25-24-40-30-45-49(51(55)54(40,5)44(41)28-29-53(42,43)4)61-50-48(58-33-39-22-13-8-14-23-39)47(57-32-38-20-11-7-12-21-38)46(60-52(50)59-45)34-56-31-37-18-9-6-10-19-37/h6-14,18-23,35-36,40-44,46-48,50,52H,15-17,24-34H2,1-5H3/t36-,40+,41+,42-,43+,44+,46-,47-,48+,50-,52+,53-,54+/m1/s1. The van der Waals surface area contributed by atoms with Crippen LogP contribution >= 0.6 is 11.8 Å². The predicted octanol–water partition coefficient (Wildman–Crippen LogP) is 12.4. The number of rotatable bonds is 15. The number of ether oxygens (including phenoxy) is 5. The predicted molar refractivity (Wildman–Crippen MR) is 243 cm³/mol. The fourth-order valence-corrected chi connectivity index (χ4v) is 14.8. The third-order valence-electron chi connectivity index (χ3n) is 16.6. The molecule has 0 spiro atoms. The highest BCUT2D eigenvalue weighted by atomic mass is 32.2. The normalized spacial score (nSPS) is 36.0. The Hall–Kier alpha value is -2.94. The molecule has 3 aromatic rings. The molecular weight excluding hydrogens is 777 g/mol. The van der Waals surface area contributed by atoms with Crippen molar-refractivity contribution in [2.24, 2.45) is 52.3 Å². The molecule has 6 nitrogen and oxygen atoms in total. The molecule has 61 heavy (non-hydrogen) atoms. The van der Waals surface area contributed by atoms with E-state index in [0.717, 1.165) is 70.3 Å². The summed E-state index contributed by atoms with van der Waals surface area (Å²) in [6.07, 6.45) is 10.4. The number of carbonyl (C=O) groups is 1. The number of ketones is 1. The molecule has 9 rings (SSSR count). The van der Waals surface area contributed by atoms with Crippen LogP contribution in [0.1, 0.15) is 116 Å². The van der Waals surface area contributed by atoms with Crippen LogP contribution in [0.5, 0.6) is 0 Å². The van der Waals surface area contributed by atoms with Crippen molar-refractivity contribution in [3.63, 3.8) is 0 Å². The second kappa shape index (κ2) is 18.6. The smallest absolute Gasteiger partial charge is 0.214 e. The Kier molecular flexibility index (Phi) is 13.2. The molecule has 1 saturated heterocycles. The van der Waals surface area contributed by atoms with Gasteiger partial charge in [-0.2, -0.15) is 0 Å². The molecule has 7 heteroatoms. The van der Waals surface area contributed by atoms with Gasteiger partial charge in [0.2, 0.25) is 6.29 Å². The minimum Gasteiger partial charge on any atom is -0.467 e. The molecule has 0 unspecified atom stereocenters. The second-order valence-corrected chi connectivity index (χ2v) is 21.7. The molecule has 13 atom stereocenters. The molecule has 0 aromatic heterocycles. The van der Waals surface area contributed by atoms with Crippen molar-refractivity contribution >= 4 is 17.5 Å². The summed E-state index contributed by atoms with van der Waals surface area (Å²) in [5.41, 5.74) is 3.28. The molecule has 0 bridgehead atoms. The molecule has 4 fully saturated rings. The van der Waals surface area contributed by atoms with E-state index in [4.69, 9.17) is 23.7 Å². The molecule has 3 saturated carbocycles. The van der Waals surface area contributed by atoms with E-state index in [0.29, 0.717) is 49.5 Å². The molecular formula is C54H70O6S. The molecule has 2 aliphatic heterocycles. The van der Waals surface area contributed by atoms with Gasteiger partial charge in [0.1, 0.15) is 29.3 Å². The van der Waals surface area contributed by atoms with Gasteiger partial charge in [0.25, 0.3) is 0 Å².